The molecule has 3 rings (SSSR count). The summed E-state index contributed by atoms with van der Waals surface area (Å²) in [6, 6.07) is 8.23. The van der Waals surface area contributed by atoms with E-state index >= 15 is 0 Å². The number of benzene rings is 1. The molecule has 1 aromatic heterocycles. The third kappa shape index (κ3) is 4.60. The Morgan fingerprint density at radius 1 is 1.30 bits per heavy atom. The lowest BCUT2D eigenvalue weighted by atomic mass is 10.0. The van der Waals surface area contributed by atoms with Crippen molar-refractivity contribution in [2.75, 3.05) is 0 Å². The zero-order valence-corrected chi connectivity index (χ0v) is 17.7. The number of non-ortho nitro benzene ring substituents is 1. The third-order valence-electron chi connectivity index (χ3n) is 4.38. The van der Waals surface area contributed by atoms with Gasteiger partial charge < -0.3 is 9.52 Å². The second-order valence-corrected chi connectivity index (χ2v) is 8.72. The fraction of sp³-hybridized carbons (Fsp3) is 0.250. The van der Waals surface area contributed by atoms with Gasteiger partial charge in [-0.3, -0.25) is 19.8 Å². The van der Waals surface area contributed by atoms with Crippen LogP contribution in [0.2, 0.25) is 0 Å². The summed E-state index contributed by atoms with van der Waals surface area (Å²) in [4.78, 5) is 36.2. The molecular weight excluding hydrogens is 428 g/mol. The first-order valence-electron chi connectivity index (χ1n) is 9.02. The normalized spacial score (nSPS) is 16.5. The molecule has 1 amide bonds. The number of thioether (sulfide) groups is 1. The number of carbonyl (C=O) groups excluding carboxylic acids is 1. The number of carboxylic acids is 1. The monoisotopic (exact) mass is 446 g/mol. The van der Waals surface area contributed by atoms with Gasteiger partial charge >= 0.3 is 5.97 Å². The molecule has 0 aliphatic carbocycles. The van der Waals surface area contributed by atoms with Crippen molar-refractivity contribution in [2.24, 2.45) is 5.92 Å². The standard InChI is InChI=1S/C20H18N2O6S2/c1-11(2)9-15(19(24)25)21-18(23)17(30-20(21)29)10-14-7-8-16(28-14)12-3-5-13(6-4-12)22(26)27/h3-8,10-11,15H,9H2,1-2H3,(H,24,25)/b17-10+/t15-/m1/s1. The van der Waals surface area contributed by atoms with Crippen molar-refractivity contribution < 1.29 is 24.0 Å². The highest BCUT2D eigenvalue weighted by molar-refractivity contribution is 8.26. The average molecular weight is 447 g/mol. The van der Waals surface area contributed by atoms with Crippen molar-refractivity contribution in [3.05, 3.63) is 57.2 Å². The van der Waals surface area contributed by atoms with E-state index in [4.69, 9.17) is 16.6 Å². The summed E-state index contributed by atoms with van der Waals surface area (Å²) in [5.74, 6) is -0.616. The van der Waals surface area contributed by atoms with E-state index in [1.165, 1.54) is 18.2 Å². The molecule has 1 N–H and O–H groups in total. The fourth-order valence-electron chi connectivity index (χ4n) is 2.97. The van der Waals surface area contributed by atoms with Crippen LogP contribution in [-0.4, -0.2) is 37.2 Å². The van der Waals surface area contributed by atoms with Gasteiger partial charge in [0.15, 0.2) is 0 Å². The Kier molecular flexibility index (Phi) is 6.37. The molecule has 0 saturated carbocycles. The quantitative estimate of drug-likeness (QED) is 0.285. The maximum Gasteiger partial charge on any atom is 0.326 e. The Hall–Kier alpha value is -2.98. The zero-order valence-electron chi connectivity index (χ0n) is 16.1. The van der Waals surface area contributed by atoms with E-state index in [0.29, 0.717) is 23.5 Å². The van der Waals surface area contributed by atoms with Crippen LogP contribution in [-0.2, 0) is 9.59 Å². The Labute approximate surface area is 181 Å². The summed E-state index contributed by atoms with van der Waals surface area (Å²) in [6.07, 6.45) is 1.81. The molecule has 2 aromatic rings. The molecular formula is C20H18N2O6S2. The molecule has 30 heavy (non-hydrogen) atoms. The molecule has 1 atom stereocenters. The third-order valence-corrected chi connectivity index (χ3v) is 5.71. The second-order valence-electron chi connectivity index (χ2n) is 7.04. The van der Waals surface area contributed by atoms with Crippen LogP contribution in [0, 0.1) is 16.0 Å². The summed E-state index contributed by atoms with van der Waals surface area (Å²) in [7, 11) is 0. The van der Waals surface area contributed by atoms with Gasteiger partial charge in [0.2, 0.25) is 0 Å². The largest absolute Gasteiger partial charge is 0.480 e. The Morgan fingerprint density at radius 2 is 1.97 bits per heavy atom. The van der Waals surface area contributed by atoms with E-state index in [1.54, 1.807) is 24.3 Å². The van der Waals surface area contributed by atoms with Crippen molar-refractivity contribution in [2.45, 2.75) is 26.3 Å². The highest BCUT2D eigenvalue weighted by atomic mass is 32.2. The van der Waals surface area contributed by atoms with Gasteiger partial charge in [-0.25, -0.2) is 4.79 Å². The SMILES string of the molecule is CC(C)C[C@H](C(=O)O)N1C(=O)/C(=C\c2ccc(-c3ccc([N+](=O)[O-])cc3)o2)SC1=S. The van der Waals surface area contributed by atoms with Gasteiger partial charge in [-0.15, -0.1) is 0 Å². The molecule has 1 aromatic carbocycles. The highest BCUT2D eigenvalue weighted by Crippen LogP contribution is 2.36. The maximum atomic E-state index is 12.8. The van der Waals surface area contributed by atoms with Gasteiger partial charge in [0, 0.05) is 23.8 Å². The van der Waals surface area contributed by atoms with E-state index in [9.17, 15) is 24.8 Å². The van der Waals surface area contributed by atoms with Crippen LogP contribution >= 0.6 is 24.0 Å². The number of furan rings is 1. The highest BCUT2D eigenvalue weighted by Gasteiger charge is 2.40. The number of nitro groups is 1. The summed E-state index contributed by atoms with van der Waals surface area (Å²) < 4.78 is 5.93. The van der Waals surface area contributed by atoms with Crippen molar-refractivity contribution in [3.63, 3.8) is 0 Å². The molecule has 1 aliphatic rings. The van der Waals surface area contributed by atoms with Crippen LogP contribution in [0.15, 0.2) is 45.7 Å². The number of hydrogen-bond acceptors (Lipinski definition) is 7. The van der Waals surface area contributed by atoms with E-state index < -0.39 is 22.8 Å². The van der Waals surface area contributed by atoms with E-state index in [2.05, 4.69) is 0 Å². The van der Waals surface area contributed by atoms with Gasteiger partial charge in [0.05, 0.1) is 9.83 Å². The number of carboxylic acid groups (broad SMARTS) is 1. The lowest BCUT2D eigenvalue weighted by molar-refractivity contribution is -0.384. The first-order chi connectivity index (χ1) is 14.2. The Balaban J connectivity index is 1.82. The molecule has 0 unspecified atom stereocenters. The van der Waals surface area contributed by atoms with Crippen LogP contribution in [0.3, 0.4) is 0 Å². The van der Waals surface area contributed by atoms with Crippen LogP contribution in [0.25, 0.3) is 17.4 Å². The minimum atomic E-state index is -1.10. The predicted octanol–water partition coefficient (Wildman–Crippen LogP) is 4.56. The topological polar surface area (TPSA) is 114 Å². The minimum absolute atomic E-state index is 0.0245. The van der Waals surface area contributed by atoms with Crippen LogP contribution in [0.1, 0.15) is 26.0 Å². The molecule has 1 aliphatic heterocycles. The molecule has 1 saturated heterocycles. The van der Waals surface area contributed by atoms with Gasteiger partial charge in [-0.2, -0.15) is 0 Å². The molecule has 0 bridgehead atoms. The smallest absolute Gasteiger partial charge is 0.326 e. The molecule has 8 nitrogen and oxygen atoms in total. The van der Waals surface area contributed by atoms with Gasteiger partial charge in [0.25, 0.3) is 11.6 Å². The van der Waals surface area contributed by atoms with Crippen molar-refractivity contribution in [3.8, 4) is 11.3 Å². The Morgan fingerprint density at radius 3 is 2.53 bits per heavy atom. The van der Waals surface area contributed by atoms with E-state index in [1.807, 2.05) is 13.8 Å². The Bertz CT molecular complexity index is 1040. The van der Waals surface area contributed by atoms with E-state index in [0.717, 1.165) is 16.7 Å². The van der Waals surface area contributed by atoms with E-state index in [-0.39, 0.29) is 20.8 Å². The first-order valence-corrected chi connectivity index (χ1v) is 10.2. The summed E-state index contributed by atoms with van der Waals surface area (Å²) in [5, 5.41) is 20.3. The molecule has 2 heterocycles. The lowest BCUT2D eigenvalue weighted by Gasteiger charge is -2.24. The number of nitrogens with zero attached hydrogens (tertiary/aromatic N) is 2. The minimum Gasteiger partial charge on any atom is -0.480 e. The van der Waals surface area contributed by atoms with Crippen molar-refractivity contribution >= 4 is 51.9 Å². The number of hydrogen-bond donors (Lipinski definition) is 1. The van der Waals surface area contributed by atoms with Crippen LogP contribution in [0.4, 0.5) is 5.69 Å². The number of carbonyl (C=O) groups is 2. The number of thiocarbonyl (C=S) groups is 1. The second kappa shape index (κ2) is 8.80. The lowest BCUT2D eigenvalue weighted by Crippen LogP contribution is -2.44. The molecule has 0 spiro atoms. The zero-order chi connectivity index (χ0) is 22.0. The number of rotatable bonds is 7. The molecule has 0 radical (unpaired) electrons. The number of amides is 1. The maximum absolute atomic E-state index is 12.8. The number of aliphatic carboxylic acids is 1. The molecule has 1 fully saturated rings. The molecule has 156 valence electrons. The van der Waals surface area contributed by atoms with Crippen LogP contribution in [0.5, 0.6) is 0 Å². The van der Waals surface area contributed by atoms with Crippen molar-refractivity contribution in [1.82, 2.24) is 4.90 Å². The summed E-state index contributed by atoms with van der Waals surface area (Å²) in [6.45, 7) is 3.76. The number of nitro benzene ring substituents is 1. The fourth-order valence-corrected chi connectivity index (χ4v) is 4.31. The van der Waals surface area contributed by atoms with Gasteiger partial charge in [-0.05, 0) is 36.6 Å². The van der Waals surface area contributed by atoms with Gasteiger partial charge in [0.1, 0.15) is 21.9 Å². The predicted molar refractivity (Wildman–Crippen MR) is 117 cm³/mol. The molecule has 10 heteroatoms. The van der Waals surface area contributed by atoms with Crippen molar-refractivity contribution in [1.29, 1.82) is 0 Å². The average Bonchev–Trinajstić information content (AvgIpc) is 3.25. The van der Waals surface area contributed by atoms with Gasteiger partial charge in [-0.1, -0.05) is 37.8 Å². The summed E-state index contributed by atoms with van der Waals surface area (Å²) in [5.41, 5.74) is 0.624. The van der Waals surface area contributed by atoms with Crippen LogP contribution < -0.4 is 0 Å². The first kappa shape index (κ1) is 21.7. The summed E-state index contributed by atoms with van der Waals surface area (Å²) >= 11 is 6.28.